The number of halogens is 1. The SMILES string of the molecule is O[C@H]1CCCOC12CCN(Cc1ncccc1F)CC2. The van der Waals surface area contributed by atoms with Gasteiger partial charge in [-0.3, -0.25) is 9.88 Å². The molecule has 2 fully saturated rings. The lowest BCUT2D eigenvalue weighted by Crippen LogP contribution is -2.55. The zero-order valence-corrected chi connectivity index (χ0v) is 11.6. The van der Waals surface area contributed by atoms with E-state index in [0.717, 1.165) is 45.4 Å². The van der Waals surface area contributed by atoms with E-state index in [1.165, 1.54) is 6.07 Å². The van der Waals surface area contributed by atoms with Crippen LogP contribution in [-0.4, -0.2) is 46.4 Å². The highest BCUT2D eigenvalue weighted by Gasteiger charge is 2.43. The van der Waals surface area contributed by atoms with E-state index in [4.69, 9.17) is 4.74 Å². The van der Waals surface area contributed by atoms with Crippen LogP contribution in [0.1, 0.15) is 31.4 Å². The fourth-order valence-electron chi connectivity index (χ4n) is 3.23. The average molecular weight is 280 g/mol. The quantitative estimate of drug-likeness (QED) is 0.896. The molecule has 2 saturated heterocycles. The van der Waals surface area contributed by atoms with Crippen LogP contribution in [0.15, 0.2) is 18.3 Å². The van der Waals surface area contributed by atoms with Gasteiger partial charge in [-0.15, -0.1) is 0 Å². The second-order valence-electron chi connectivity index (χ2n) is 5.78. The molecule has 1 aromatic rings. The molecule has 110 valence electrons. The van der Waals surface area contributed by atoms with Gasteiger partial charge in [0.05, 0.1) is 17.4 Å². The number of nitrogens with zero attached hydrogens (tertiary/aromatic N) is 2. The van der Waals surface area contributed by atoms with Crippen molar-refractivity contribution in [2.24, 2.45) is 0 Å². The number of ether oxygens (including phenoxy) is 1. The molecular formula is C15H21FN2O2. The van der Waals surface area contributed by atoms with E-state index in [1.54, 1.807) is 12.3 Å². The predicted molar refractivity (Wildman–Crippen MR) is 72.6 cm³/mol. The molecule has 4 nitrogen and oxygen atoms in total. The summed E-state index contributed by atoms with van der Waals surface area (Å²) in [4.78, 5) is 6.28. The molecule has 5 heteroatoms. The number of aliphatic hydroxyl groups excluding tert-OH is 1. The van der Waals surface area contributed by atoms with Crippen molar-refractivity contribution < 1.29 is 14.2 Å². The molecular weight excluding hydrogens is 259 g/mol. The van der Waals surface area contributed by atoms with Gasteiger partial charge < -0.3 is 9.84 Å². The van der Waals surface area contributed by atoms with Gasteiger partial charge in [-0.2, -0.15) is 0 Å². The molecule has 3 heterocycles. The molecule has 1 atom stereocenters. The van der Waals surface area contributed by atoms with Gasteiger partial charge in [0, 0.05) is 32.4 Å². The van der Waals surface area contributed by atoms with Crippen LogP contribution in [0.25, 0.3) is 0 Å². The van der Waals surface area contributed by atoms with Crippen molar-refractivity contribution in [3.63, 3.8) is 0 Å². The maximum Gasteiger partial charge on any atom is 0.146 e. The van der Waals surface area contributed by atoms with E-state index >= 15 is 0 Å². The van der Waals surface area contributed by atoms with E-state index in [1.807, 2.05) is 0 Å². The lowest BCUT2D eigenvalue weighted by Gasteiger charge is -2.46. The molecule has 0 bridgehead atoms. The molecule has 0 aliphatic carbocycles. The summed E-state index contributed by atoms with van der Waals surface area (Å²) < 4.78 is 19.5. The van der Waals surface area contributed by atoms with Gasteiger partial charge in [-0.05, 0) is 37.8 Å². The van der Waals surface area contributed by atoms with E-state index in [-0.39, 0.29) is 17.5 Å². The highest BCUT2D eigenvalue weighted by atomic mass is 19.1. The number of hydrogen-bond donors (Lipinski definition) is 1. The highest BCUT2D eigenvalue weighted by Crippen LogP contribution is 2.35. The van der Waals surface area contributed by atoms with Crippen molar-refractivity contribution in [2.75, 3.05) is 19.7 Å². The molecule has 0 unspecified atom stereocenters. The van der Waals surface area contributed by atoms with Crippen LogP contribution in [0.4, 0.5) is 4.39 Å². The Hall–Kier alpha value is -1.04. The fraction of sp³-hybridized carbons (Fsp3) is 0.667. The molecule has 2 aliphatic heterocycles. The summed E-state index contributed by atoms with van der Waals surface area (Å²) >= 11 is 0. The Morgan fingerprint density at radius 2 is 2.25 bits per heavy atom. The molecule has 1 spiro atoms. The first-order chi connectivity index (χ1) is 9.70. The predicted octanol–water partition coefficient (Wildman–Crippen LogP) is 1.73. The highest BCUT2D eigenvalue weighted by molar-refractivity contribution is 5.07. The molecule has 20 heavy (non-hydrogen) atoms. The first-order valence-corrected chi connectivity index (χ1v) is 7.33. The van der Waals surface area contributed by atoms with Crippen LogP contribution in [0, 0.1) is 5.82 Å². The third-order valence-corrected chi connectivity index (χ3v) is 4.53. The summed E-state index contributed by atoms with van der Waals surface area (Å²) in [5, 5.41) is 10.2. The van der Waals surface area contributed by atoms with Gasteiger partial charge in [0.2, 0.25) is 0 Å². The number of pyridine rings is 1. The van der Waals surface area contributed by atoms with Gasteiger partial charge in [-0.1, -0.05) is 0 Å². The number of likely N-dealkylation sites (tertiary alicyclic amines) is 1. The summed E-state index contributed by atoms with van der Waals surface area (Å²) in [6, 6.07) is 3.05. The summed E-state index contributed by atoms with van der Waals surface area (Å²) in [6.07, 6.45) is 4.65. The Morgan fingerprint density at radius 1 is 1.45 bits per heavy atom. The van der Waals surface area contributed by atoms with Gasteiger partial charge in [0.15, 0.2) is 0 Å². The average Bonchev–Trinajstić information content (AvgIpc) is 2.47. The Bertz CT molecular complexity index is 461. The molecule has 1 aromatic heterocycles. The Labute approximate surface area is 118 Å². The normalized spacial score (nSPS) is 26.8. The maximum absolute atomic E-state index is 13.6. The van der Waals surface area contributed by atoms with Crippen molar-refractivity contribution in [3.8, 4) is 0 Å². The van der Waals surface area contributed by atoms with Gasteiger partial charge >= 0.3 is 0 Å². The van der Waals surface area contributed by atoms with Crippen molar-refractivity contribution in [3.05, 3.63) is 29.8 Å². The Kier molecular flexibility index (Phi) is 4.01. The molecule has 1 N–H and O–H groups in total. The van der Waals surface area contributed by atoms with Crippen molar-refractivity contribution in [1.82, 2.24) is 9.88 Å². The second-order valence-corrected chi connectivity index (χ2v) is 5.78. The molecule has 0 saturated carbocycles. The summed E-state index contributed by atoms with van der Waals surface area (Å²) in [5.41, 5.74) is 0.130. The third-order valence-electron chi connectivity index (χ3n) is 4.53. The topological polar surface area (TPSA) is 45.6 Å². The van der Waals surface area contributed by atoms with Gasteiger partial charge in [0.25, 0.3) is 0 Å². The summed E-state index contributed by atoms with van der Waals surface area (Å²) in [5.74, 6) is -0.248. The molecule has 0 amide bonds. The largest absolute Gasteiger partial charge is 0.390 e. The minimum absolute atomic E-state index is 0.248. The first kappa shape index (κ1) is 13.9. The van der Waals surface area contributed by atoms with E-state index in [2.05, 4.69) is 9.88 Å². The van der Waals surface area contributed by atoms with E-state index in [0.29, 0.717) is 12.2 Å². The Morgan fingerprint density at radius 3 is 2.95 bits per heavy atom. The van der Waals surface area contributed by atoms with Crippen LogP contribution >= 0.6 is 0 Å². The minimum atomic E-state index is -0.364. The van der Waals surface area contributed by atoms with Crippen molar-refractivity contribution in [1.29, 1.82) is 0 Å². The van der Waals surface area contributed by atoms with Gasteiger partial charge in [0.1, 0.15) is 5.82 Å². The lowest BCUT2D eigenvalue weighted by atomic mass is 9.82. The second kappa shape index (κ2) is 5.76. The van der Waals surface area contributed by atoms with Crippen LogP contribution < -0.4 is 0 Å². The standard InChI is InChI=1S/C15H21FN2O2/c16-12-3-1-7-17-13(12)11-18-8-5-15(6-9-18)14(19)4-2-10-20-15/h1,3,7,14,19H,2,4-6,8-11H2/t14-/m0/s1. The molecule has 0 aromatic carbocycles. The Balaban J connectivity index is 1.60. The number of piperidine rings is 1. The zero-order valence-electron chi connectivity index (χ0n) is 11.6. The maximum atomic E-state index is 13.6. The van der Waals surface area contributed by atoms with Crippen molar-refractivity contribution >= 4 is 0 Å². The molecule has 3 rings (SSSR count). The summed E-state index contributed by atoms with van der Waals surface area (Å²) in [6.45, 7) is 2.89. The monoisotopic (exact) mass is 280 g/mol. The number of aliphatic hydroxyl groups is 1. The smallest absolute Gasteiger partial charge is 0.146 e. The molecule has 2 aliphatic rings. The summed E-state index contributed by atoms with van der Waals surface area (Å²) in [7, 11) is 0. The van der Waals surface area contributed by atoms with E-state index in [9.17, 15) is 9.50 Å². The van der Waals surface area contributed by atoms with Crippen LogP contribution in [-0.2, 0) is 11.3 Å². The molecule has 0 radical (unpaired) electrons. The lowest BCUT2D eigenvalue weighted by molar-refractivity contribution is -0.177. The number of aromatic nitrogens is 1. The number of rotatable bonds is 2. The van der Waals surface area contributed by atoms with Crippen LogP contribution in [0.3, 0.4) is 0 Å². The minimum Gasteiger partial charge on any atom is -0.390 e. The number of hydrogen-bond acceptors (Lipinski definition) is 4. The first-order valence-electron chi connectivity index (χ1n) is 7.33. The van der Waals surface area contributed by atoms with Crippen molar-refractivity contribution in [2.45, 2.75) is 43.9 Å². The van der Waals surface area contributed by atoms with E-state index < -0.39 is 0 Å². The van der Waals surface area contributed by atoms with Crippen LogP contribution in [0.5, 0.6) is 0 Å². The van der Waals surface area contributed by atoms with Gasteiger partial charge in [-0.25, -0.2) is 4.39 Å². The van der Waals surface area contributed by atoms with Crippen LogP contribution in [0.2, 0.25) is 0 Å². The fourth-order valence-corrected chi connectivity index (χ4v) is 3.23. The third kappa shape index (κ3) is 2.71. The zero-order chi connectivity index (χ0) is 14.0.